The number of aromatic nitrogens is 1. The number of rotatable bonds is 5. The van der Waals surface area contributed by atoms with Crippen LogP contribution in [0.1, 0.15) is 5.56 Å². The molecule has 0 aliphatic carbocycles. The van der Waals surface area contributed by atoms with E-state index in [2.05, 4.69) is 17.1 Å². The summed E-state index contributed by atoms with van der Waals surface area (Å²) in [5, 5.41) is 2.55. The highest BCUT2D eigenvalue weighted by Crippen LogP contribution is 2.25. The summed E-state index contributed by atoms with van der Waals surface area (Å²) in [6.45, 7) is 0.674. The molecule has 3 aromatic rings. The van der Waals surface area contributed by atoms with Crippen LogP contribution in [0, 0.1) is 0 Å². The van der Waals surface area contributed by atoms with E-state index in [9.17, 15) is 0 Å². The molecule has 1 aromatic heterocycles. The minimum atomic E-state index is 0.591. The van der Waals surface area contributed by atoms with Gasteiger partial charge in [0.05, 0.1) is 12.3 Å². The van der Waals surface area contributed by atoms with Gasteiger partial charge in [0, 0.05) is 17.4 Å². The third-order valence-corrected chi connectivity index (χ3v) is 3.85. The molecule has 3 nitrogen and oxygen atoms in total. The van der Waals surface area contributed by atoms with Gasteiger partial charge in [-0.1, -0.05) is 30.3 Å². The van der Waals surface area contributed by atoms with E-state index in [1.165, 1.54) is 16.9 Å². The second kappa shape index (κ2) is 6.41. The second-order valence-electron chi connectivity index (χ2n) is 4.68. The van der Waals surface area contributed by atoms with Crippen molar-refractivity contribution in [3.63, 3.8) is 0 Å². The lowest BCUT2D eigenvalue weighted by molar-refractivity contribution is 0.322. The van der Waals surface area contributed by atoms with Crippen molar-refractivity contribution in [3.8, 4) is 17.0 Å². The fraction of sp³-hybridized carbons (Fsp3) is 0.118. The van der Waals surface area contributed by atoms with Gasteiger partial charge >= 0.3 is 0 Å². The lowest BCUT2D eigenvalue weighted by Crippen LogP contribution is -2.00. The molecule has 0 radical (unpaired) electrons. The SMILES string of the molecule is Nc1nc(-c2ccc(OCCc3ccccc3)cc2)cs1. The van der Waals surface area contributed by atoms with Gasteiger partial charge in [-0.25, -0.2) is 4.98 Å². The first-order valence-corrected chi connectivity index (χ1v) is 7.67. The second-order valence-corrected chi connectivity index (χ2v) is 5.57. The van der Waals surface area contributed by atoms with Gasteiger partial charge in [0.1, 0.15) is 5.75 Å². The standard InChI is InChI=1S/C17H16N2OS/c18-17-19-16(12-21-17)14-6-8-15(9-7-14)20-11-10-13-4-2-1-3-5-13/h1-9,12H,10-11H2,(H2,18,19). The van der Waals surface area contributed by atoms with Gasteiger partial charge in [-0.3, -0.25) is 0 Å². The Balaban J connectivity index is 1.57. The van der Waals surface area contributed by atoms with Crippen molar-refractivity contribution in [2.24, 2.45) is 0 Å². The monoisotopic (exact) mass is 296 g/mol. The van der Waals surface area contributed by atoms with E-state index in [4.69, 9.17) is 10.5 Å². The van der Waals surface area contributed by atoms with Crippen LogP contribution < -0.4 is 10.5 Å². The summed E-state index contributed by atoms with van der Waals surface area (Å²) in [6.07, 6.45) is 0.908. The smallest absolute Gasteiger partial charge is 0.180 e. The molecule has 0 amide bonds. The Kier molecular flexibility index (Phi) is 4.17. The molecule has 0 atom stereocenters. The maximum absolute atomic E-state index is 5.76. The summed E-state index contributed by atoms with van der Waals surface area (Å²) in [4.78, 5) is 4.27. The molecule has 0 saturated heterocycles. The lowest BCUT2D eigenvalue weighted by Gasteiger charge is -2.06. The number of nitrogen functional groups attached to an aromatic ring is 1. The van der Waals surface area contributed by atoms with E-state index < -0.39 is 0 Å². The van der Waals surface area contributed by atoms with Crippen molar-refractivity contribution in [3.05, 3.63) is 65.5 Å². The van der Waals surface area contributed by atoms with E-state index in [0.29, 0.717) is 11.7 Å². The molecule has 0 spiro atoms. The first kappa shape index (κ1) is 13.6. The number of anilines is 1. The molecule has 106 valence electrons. The fourth-order valence-corrected chi connectivity index (χ4v) is 2.65. The first-order chi connectivity index (χ1) is 10.3. The molecular formula is C17H16N2OS. The Morgan fingerprint density at radius 1 is 1.00 bits per heavy atom. The van der Waals surface area contributed by atoms with Crippen LogP contribution in [0.5, 0.6) is 5.75 Å². The Hall–Kier alpha value is -2.33. The quantitative estimate of drug-likeness (QED) is 0.773. The van der Waals surface area contributed by atoms with E-state index in [-0.39, 0.29) is 0 Å². The van der Waals surface area contributed by atoms with E-state index in [1.54, 1.807) is 0 Å². The van der Waals surface area contributed by atoms with Crippen LogP contribution >= 0.6 is 11.3 Å². The number of hydrogen-bond donors (Lipinski definition) is 1. The van der Waals surface area contributed by atoms with Crippen LogP contribution in [0.2, 0.25) is 0 Å². The highest BCUT2D eigenvalue weighted by atomic mass is 32.1. The van der Waals surface area contributed by atoms with Crippen molar-refractivity contribution in [1.82, 2.24) is 4.98 Å². The van der Waals surface area contributed by atoms with Crippen molar-refractivity contribution in [2.45, 2.75) is 6.42 Å². The molecule has 0 aliphatic rings. The van der Waals surface area contributed by atoms with E-state index >= 15 is 0 Å². The summed E-state index contributed by atoms with van der Waals surface area (Å²) in [6, 6.07) is 18.3. The van der Waals surface area contributed by atoms with Crippen molar-refractivity contribution >= 4 is 16.5 Å². The maximum Gasteiger partial charge on any atom is 0.180 e. The Bertz CT molecular complexity index is 692. The predicted molar refractivity (Wildman–Crippen MR) is 87.6 cm³/mol. The lowest BCUT2D eigenvalue weighted by atomic mass is 10.1. The number of ether oxygens (including phenoxy) is 1. The normalized spacial score (nSPS) is 10.5. The van der Waals surface area contributed by atoms with E-state index in [1.807, 2.05) is 47.8 Å². The van der Waals surface area contributed by atoms with Crippen LogP contribution in [0.4, 0.5) is 5.13 Å². The van der Waals surface area contributed by atoms with Crippen molar-refractivity contribution in [2.75, 3.05) is 12.3 Å². The summed E-state index contributed by atoms with van der Waals surface area (Å²) in [5.74, 6) is 0.873. The van der Waals surface area contributed by atoms with Gasteiger partial charge in [0.2, 0.25) is 0 Å². The van der Waals surface area contributed by atoms with Gasteiger partial charge in [-0.15, -0.1) is 11.3 Å². The van der Waals surface area contributed by atoms with Crippen LogP contribution in [-0.2, 0) is 6.42 Å². The highest BCUT2D eigenvalue weighted by molar-refractivity contribution is 7.13. The molecule has 0 bridgehead atoms. The number of benzene rings is 2. The van der Waals surface area contributed by atoms with Crippen LogP contribution in [0.15, 0.2) is 60.0 Å². The zero-order chi connectivity index (χ0) is 14.5. The van der Waals surface area contributed by atoms with Gasteiger partial charge in [-0.05, 0) is 29.8 Å². The maximum atomic E-state index is 5.76. The molecule has 1 heterocycles. The fourth-order valence-electron chi connectivity index (χ4n) is 2.07. The first-order valence-electron chi connectivity index (χ1n) is 6.79. The number of thiazole rings is 1. The third-order valence-electron chi connectivity index (χ3n) is 3.17. The van der Waals surface area contributed by atoms with Crippen LogP contribution in [0.3, 0.4) is 0 Å². The Labute approximate surface area is 128 Å². The highest BCUT2D eigenvalue weighted by Gasteiger charge is 2.03. The molecule has 0 saturated carbocycles. The average molecular weight is 296 g/mol. The van der Waals surface area contributed by atoms with Crippen LogP contribution in [-0.4, -0.2) is 11.6 Å². The number of nitrogens with two attached hydrogens (primary N) is 1. The van der Waals surface area contributed by atoms with Crippen LogP contribution in [0.25, 0.3) is 11.3 Å². The summed E-state index contributed by atoms with van der Waals surface area (Å²) >= 11 is 1.45. The predicted octanol–water partition coefficient (Wildman–Crippen LogP) is 4.01. The minimum absolute atomic E-state index is 0.591. The molecule has 2 N–H and O–H groups in total. The van der Waals surface area contributed by atoms with Crippen molar-refractivity contribution < 1.29 is 4.74 Å². The largest absolute Gasteiger partial charge is 0.493 e. The summed E-state index contributed by atoms with van der Waals surface area (Å²) in [5.41, 5.74) is 8.90. The number of nitrogens with zero attached hydrogens (tertiary/aromatic N) is 1. The molecule has 4 heteroatoms. The molecule has 2 aromatic carbocycles. The van der Waals surface area contributed by atoms with Gasteiger partial charge in [-0.2, -0.15) is 0 Å². The zero-order valence-corrected chi connectivity index (χ0v) is 12.3. The van der Waals surface area contributed by atoms with Gasteiger partial charge < -0.3 is 10.5 Å². The molecule has 0 unspecified atom stereocenters. The molecule has 0 fully saturated rings. The molecule has 21 heavy (non-hydrogen) atoms. The molecule has 0 aliphatic heterocycles. The van der Waals surface area contributed by atoms with Gasteiger partial charge in [0.15, 0.2) is 5.13 Å². The number of hydrogen-bond acceptors (Lipinski definition) is 4. The molecular weight excluding hydrogens is 280 g/mol. The summed E-state index contributed by atoms with van der Waals surface area (Å²) in [7, 11) is 0. The average Bonchev–Trinajstić information content (AvgIpc) is 2.96. The van der Waals surface area contributed by atoms with Crippen molar-refractivity contribution in [1.29, 1.82) is 0 Å². The summed E-state index contributed by atoms with van der Waals surface area (Å²) < 4.78 is 5.76. The Morgan fingerprint density at radius 3 is 2.43 bits per heavy atom. The van der Waals surface area contributed by atoms with E-state index in [0.717, 1.165) is 23.4 Å². The van der Waals surface area contributed by atoms with Gasteiger partial charge in [0.25, 0.3) is 0 Å². The Morgan fingerprint density at radius 2 is 1.76 bits per heavy atom. The zero-order valence-electron chi connectivity index (χ0n) is 11.5. The minimum Gasteiger partial charge on any atom is -0.493 e. The third kappa shape index (κ3) is 3.61. The molecule has 3 rings (SSSR count). The topological polar surface area (TPSA) is 48.1 Å².